The summed E-state index contributed by atoms with van der Waals surface area (Å²) in [5.41, 5.74) is 3.05. The summed E-state index contributed by atoms with van der Waals surface area (Å²) in [6.45, 7) is 10.6. The van der Waals surface area contributed by atoms with E-state index in [1.807, 2.05) is 0 Å². The first kappa shape index (κ1) is 15.0. The van der Waals surface area contributed by atoms with E-state index < -0.39 is 0 Å². The molecule has 0 bridgehead atoms. The zero-order valence-electron chi connectivity index (χ0n) is 13.4. The molecule has 2 heterocycles. The van der Waals surface area contributed by atoms with Crippen molar-refractivity contribution in [3.63, 3.8) is 0 Å². The van der Waals surface area contributed by atoms with Crippen LogP contribution >= 0.6 is 0 Å². The highest BCUT2D eigenvalue weighted by Crippen LogP contribution is 2.23. The van der Waals surface area contributed by atoms with E-state index in [0.717, 1.165) is 32.1 Å². The average molecular weight is 287 g/mol. The summed E-state index contributed by atoms with van der Waals surface area (Å²) in [6.07, 6.45) is 3.95. The van der Waals surface area contributed by atoms with Crippen LogP contribution in [-0.4, -0.2) is 55.1 Å². The van der Waals surface area contributed by atoms with Crippen molar-refractivity contribution in [3.05, 3.63) is 35.4 Å². The molecule has 2 aliphatic rings. The van der Waals surface area contributed by atoms with Gasteiger partial charge in [-0.2, -0.15) is 0 Å². The van der Waals surface area contributed by atoms with Crippen molar-refractivity contribution in [1.82, 2.24) is 15.1 Å². The summed E-state index contributed by atoms with van der Waals surface area (Å²) in [5.74, 6) is 0. The summed E-state index contributed by atoms with van der Waals surface area (Å²) in [5, 5.41) is 3.44. The molecule has 3 rings (SSSR count). The normalized spacial score (nSPS) is 23.4. The zero-order valence-corrected chi connectivity index (χ0v) is 13.4. The Kier molecular flexibility index (Phi) is 5.28. The lowest BCUT2D eigenvalue weighted by Crippen LogP contribution is -2.49. The van der Waals surface area contributed by atoms with E-state index in [4.69, 9.17) is 0 Å². The van der Waals surface area contributed by atoms with Crippen molar-refractivity contribution in [2.75, 3.05) is 39.3 Å². The number of piperazine rings is 1. The Balaban J connectivity index is 1.59. The third kappa shape index (κ3) is 3.85. The van der Waals surface area contributed by atoms with E-state index in [1.54, 1.807) is 0 Å². The second kappa shape index (κ2) is 7.39. The molecule has 1 atom stereocenters. The number of fused-ring (bicyclic) bond motifs is 1. The fourth-order valence-electron chi connectivity index (χ4n) is 3.80. The van der Waals surface area contributed by atoms with Gasteiger partial charge in [0.25, 0.3) is 0 Å². The van der Waals surface area contributed by atoms with Crippen LogP contribution in [0.4, 0.5) is 0 Å². The van der Waals surface area contributed by atoms with Gasteiger partial charge in [0.1, 0.15) is 0 Å². The fourth-order valence-corrected chi connectivity index (χ4v) is 3.80. The van der Waals surface area contributed by atoms with E-state index in [-0.39, 0.29) is 0 Å². The summed E-state index contributed by atoms with van der Waals surface area (Å²) < 4.78 is 0. The molecule has 0 radical (unpaired) electrons. The number of hydrogen-bond donors (Lipinski definition) is 1. The summed E-state index contributed by atoms with van der Waals surface area (Å²) in [6, 6.07) is 9.82. The summed E-state index contributed by atoms with van der Waals surface area (Å²) in [7, 11) is 0. The standard InChI is InChI=1S/C18H29N3/c1-2-19-10-9-16-6-3-4-7-17(16)14-20-12-13-21-11-5-8-18(21)15-20/h3-4,6-7,18-19H,2,5,8-15H2,1H3. The van der Waals surface area contributed by atoms with E-state index in [9.17, 15) is 0 Å². The van der Waals surface area contributed by atoms with E-state index >= 15 is 0 Å². The number of nitrogens with zero attached hydrogens (tertiary/aromatic N) is 2. The van der Waals surface area contributed by atoms with Crippen molar-refractivity contribution < 1.29 is 0 Å². The molecule has 2 fully saturated rings. The Morgan fingerprint density at radius 3 is 2.86 bits per heavy atom. The smallest absolute Gasteiger partial charge is 0.0237 e. The molecule has 21 heavy (non-hydrogen) atoms. The SMILES string of the molecule is CCNCCc1ccccc1CN1CCN2CCCC2C1. The van der Waals surface area contributed by atoms with Gasteiger partial charge in [-0.25, -0.2) is 0 Å². The molecule has 0 aromatic heterocycles. The Labute approximate surface area is 129 Å². The first-order valence-corrected chi connectivity index (χ1v) is 8.60. The van der Waals surface area contributed by atoms with Gasteiger partial charge in [0.2, 0.25) is 0 Å². The topological polar surface area (TPSA) is 18.5 Å². The number of rotatable bonds is 6. The lowest BCUT2D eigenvalue weighted by Gasteiger charge is -2.37. The van der Waals surface area contributed by atoms with E-state index in [2.05, 4.69) is 46.3 Å². The second-order valence-electron chi connectivity index (χ2n) is 6.44. The minimum absolute atomic E-state index is 0.827. The molecule has 3 heteroatoms. The van der Waals surface area contributed by atoms with Gasteiger partial charge in [0.05, 0.1) is 0 Å². The molecule has 1 aromatic carbocycles. The predicted molar refractivity (Wildman–Crippen MR) is 88.6 cm³/mol. The highest BCUT2D eigenvalue weighted by molar-refractivity contribution is 5.27. The van der Waals surface area contributed by atoms with Gasteiger partial charge in [-0.05, 0) is 50.0 Å². The van der Waals surface area contributed by atoms with Gasteiger partial charge < -0.3 is 5.32 Å². The molecule has 0 amide bonds. The zero-order chi connectivity index (χ0) is 14.5. The molecule has 0 spiro atoms. The highest BCUT2D eigenvalue weighted by atomic mass is 15.3. The van der Waals surface area contributed by atoms with Gasteiger partial charge in [-0.1, -0.05) is 31.2 Å². The quantitative estimate of drug-likeness (QED) is 0.809. The van der Waals surface area contributed by atoms with E-state index in [0.29, 0.717) is 0 Å². The molecule has 1 aromatic rings. The average Bonchev–Trinajstić information content (AvgIpc) is 2.97. The molecule has 116 valence electrons. The second-order valence-corrected chi connectivity index (χ2v) is 6.44. The molecule has 0 aliphatic carbocycles. The largest absolute Gasteiger partial charge is 0.317 e. The predicted octanol–water partition coefficient (Wildman–Crippen LogP) is 2.12. The van der Waals surface area contributed by atoms with Crippen molar-refractivity contribution in [1.29, 1.82) is 0 Å². The van der Waals surface area contributed by atoms with Crippen LogP contribution in [0.2, 0.25) is 0 Å². The van der Waals surface area contributed by atoms with Crippen molar-refractivity contribution in [3.8, 4) is 0 Å². The molecular formula is C18H29N3. The van der Waals surface area contributed by atoms with E-state index in [1.165, 1.54) is 50.1 Å². The molecule has 3 nitrogen and oxygen atoms in total. The van der Waals surface area contributed by atoms with Crippen LogP contribution in [0, 0.1) is 0 Å². The van der Waals surface area contributed by atoms with Crippen LogP contribution < -0.4 is 5.32 Å². The van der Waals surface area contributed by atoms with Crippen LogP contribution in [0.15, 0.2) is 24.3 Å². The van der Waals surface area contributed by atoms with Crippen LogP contribution in [0.25, 0.3) is 0 Å². The van der Waals surface area contributed by atoms with Crippen molar-refractivity contribution in [2.45, 2.75) is 38.8 Å². The number of hydrogen-bond acceptors (Lipinski definition) is 3. The van der Waals surface area contributed by atoms with Crippen LogP contribution in [0.5, 0.6) is 0 Å². The van der Waals surface area contributed by atoms with Gasteiger partial charge >= 0.3 is 0 Å². The maximum absolute atomic E-state index is 3.44. The van der Waals surface area contributed by atoms with Gasteiger partial charge in [-0.3, -0.25) is 9.80 Å². The minimum Gasteiger partial charge on any atom is -0.317 e. The lowest BCUT2D eigenvalue weighted by atomic mass is 10.0. The van der Waals surface area contributed by atoms with Gasteiger partial charge in [0, 0.05) is 32.2 Å². The maximum Gasteiger partial charge on any atom is 0.0237 e. The van der Waals surface area contributed by atoms with Crippen molar-refractivity contribution in [2.24, 2.45) is 0 Å². The summed E-state index contributed by atoms with van der Waals surface area (Å²) >= 11 is 0. The van der Waals surface area contributed by atoms with Crippen molar-refractivity contribution >= 4 is 0 Å². The molecular weight excluding hydrogens is 258 g/mol. The van der Waals surface area contributed by atoms with Crippen LogP contribution in [0.3, 0.4) is 0 Å². The monoisotopic (exact) mass is 287 g/mol. The Morgan fingerprint density at radius 1 is 1.14 bits per heavy atom. The lowest BCUT2D eigenvalue weighted by molar-refractivity contribution is 0.0992. The first-order valence-electron chi connectivity index (χ1n) is 8.60. The first-order chi connectivity index (χ1) is 10.4. The third-order valence-electron chi connectivity index (χ3n) is 5.00. The number of benzene rings is 1. The Bertz CT molecular complexity index is 446. The maximum atomic E-state index is 3.44. The molecule has 2 saturated heterocycles. The molecule has 2 aliphatic heterocycles. The highest BCUT2D eigenvalue weighted by Gasteiger charge is 2.30. The van der Waals surface area contributed by atoms with Gasteiger partial charge in [-0.15, -0.1) is 0 Å². The Morgan fingerprint density at radius 2 is 2.00 bits per heavy atom. The number of likely N-dealkylation sites (N-methyl/N-ethyl adjacent to an activating group) is 1. The van der Waals surface area contributed by atoms with Gasteiger partial charge in [0.15, 0.2) is 0 Å². The molecule has 1 N–H and O–H groups in total. The Hall–Kier alpha value is -0.900. The van der Waals surface area contributed by atoms with Crippen LogP contribution in [0.1, 0.15) is 30.9 Å². The fraction of sp³-hybridized carbons (Fsp3) is 0.667. The molecule has 0 saturated carbocycles. The minimum atomic E-state index is 0.827. The molecule has 1 unspecified atom stereocenters. The third-order valence-corrected chi connectivity index (χ3v) is 5.00. The number of nitrogens with one attached hydrogen (secondary N) is 1. The summed E-state index contributed by atoms with van der Waals surface area (Å²) in [4.78, 5) is 5.35. The van der Waals surface area contributed by atoms with Crippen LogP contribution in [-0.2, 0) is 13.0 Å².